The predicted octanol–water partition coefficient (Wildman–Crippen LogP) is 4.83. The lowest BCUT2D eigenvalue weighted by Crippen LogP contribution is -2.56. The number of nitrogens with zero attached hydrogens (tertiary/aromatic N) is 7. The fourth-order valence-electron chi connectivity index (χ4n) is 5.47. The summed E-state index contributed by atoms with van der Waals surface area (Å²) in [5.74, 6) is -2.50. The van der Waals surface area contributed by atoms with Crippen LogP contribution in [0.4, 0.5) is 22.0 Å². The zero-order valence-corrected chi connectivity index (χ0v) is 25.0. The van der Waals surface area contributed by atoms with Gasteiger partial charge >= 0.3 is 6.18 Å². The zero-order valence-electron chi connectivity index (χ0n) is 23.4. The zero-order chi connectivity index (χ0) is 32.4. The van der Waals surface area contributed by atoms with Crippen molar-refractivity contribution in [2.45, 2.75) is 56.6 Å². The number of benzene rings is 1. The first-order valence-corrected chi connectivity index (χ1v) is 14.5. The maximum Gasteiger partial charge on any atom is 0.435 e. The summed E-state index contributed by atoms with van der Waals surface area (Å²) in [6.45, 7) is 2.83. The van der Waals surface area contributed by atoms with E-state index >= 15 is 4.39 Å². The minimum Gasteiger partial charge on any atom is -0.391 e. The molecule has 0 saturated carbocycles. The molecule has 0 aliphatic carbocycles. The van der Waals surface area contributed by atoms with Crippen LogP contribution in [0.3, 0.4) is 0 Å². The first kappa shape index (κ1) is 31.4. The van der Waals surface area contributed by atoms with Crippen LogP contribution >= 0.6 is 22.9 Å². The van der Waals surface area contributed by atoms with Crippen LogP contribution in [0, 0.1) is 18.6 Å². The molecular weight excluding hydrogens is 649 g/mol. The van der Waals surface area contributed by atoms with Gasteiger partial charge in [0.1, 0.15) is 41.8 Å². The van der Waals surface area contributed by atoms with Crippen molar-refractivity contribution in [3.05, 3.63) is 70.2 Å². The lowest BCUT2D eigenvalue weighted by molar-refractivity contribution is -0.230. The van der Waals surface area contributed by atoms with Crippen LogP contribution < -0.4 is 0 Å². The third kappa shape index (κ3) is 5.46. The fourth-order valence-corrected chi connectivity index (χ4v) is 6.33. The third-order valence-corrected chi connectivity index (χ3v) is 8.40. The van der Waals surface area contributed by atoms with E-state index in [2.05, 4.69) is 25.1 Å². The fraction of sp³-hybridized carbons (Fsp3) is 0.370. The molecule has 45 heavy (non-hydrogen) atoms. The van der Waals surface area contributed by atoms with Crippen LogP contribution in [0.15, 0.2) is 36.2 Å². The number of aryl methyl sites for hydroxylation is 1. The van der Waals surface area contributed by atoms with Gasteiger partial charge in [-0.1, -0.05) is 11.6 Å². The summed E-state index contributed by atoms with van der Waals surface area (Å²) in [6, 6.07) is 1.25. The van der Waals surface area contributed by atoms with E-state index in [4.69, 9.17) is 21.1 Å². The molecule has 0 radical (unpaired) electrons. The predicted molar refractivity (Wildman–Crippen MR) is 150 cm³/mol. The van der Waals surface area contributed by atoms with Gasteiger partial charge in [-0.3, -0.25) is 4.68 Å². The van der Waals surface area contributed by atoms with E-state index in [1.165, 1.54) is 49.6 Å². The Morgan fingerprint density at radius 3 is 2.60 bits per heavy atom. The van der Waals surface area contributed by atoms with Crippen molar-refractivity contribution >= 4 is 33.2 Å². The summed E-state index contributed by atoms with van der Waals surface area (Å²) < 4.78 is 85.9. The SMILES string of the molecule is CO[C@H]1C(C(C)O)O[C@@H](c2nc(C)nn2-c2cc(Cl)cnc2C(F)(F)F)[C@@H](O)C1n1cc(-c2cc3scnc3c(F)c2F)cn1. The van der Waals surface area contributed by atoms with Crippen molar-refractivity contribution in [3.63, 3.8) is 0 Å². The molecule has 3 unspecified atom stereocenters. The number of pyridine rings is 1. The summed E-state index contributed by atoms with van der Waals surface area (Å²) in [5, 5.41) is 30.7. The lowest BCUT2D eigenvalue weighted by atomic mass is 9.89. The topological polar surface area (TPSA) is 133 Å². The van der Waals surface area contributed by atoms with Gasteiger partial charge in [-0.25, -0.2) is 28.4 Å². The number of aliphatic hydroxyl groups is 2. The van der Waals surface area contributed by atoms with Crippen molar-refractivity contribution in [1.29, 1.82) is 0 Å². The minimum absolute atomic E-state index is 0.0326. The molecule has 1 aliphatic rings. The monoisotopic (exact) mass is 671 g/mol. The molecule has 4 aromatic heterocycles. The molecule has 6 atom stereocenters. The standard InChI is InChI=1S/C27H23ClF5N7O4S/c1-10(41)22-23(43-3)20(39-8-12(6-36-39)14-5-16-19(35-9-45-16)18(30)17(14)29)21(42)24(44-22)26-37-11(2)38-40(26)15-4-13(28)7-34-25(15)27(31,32)33/h4-10,20-24,41-42H,1-3H3/t10?,20?,21-,22?,23+,24+/m0/s1. The van der Waals surface area contributed by atoms with Crippen LogP contribution in [0.1, 0.15) is 36.4 Å². The van der Waals surface area contributed by atoms with Crippen LogP contribution in [0.2, 0.25) is 5.02 Å². The highest BCUT2D eigenvalue weighted by Gasteiger charge is 2.51. The number of aliphatic hydroxyl groups excluding tert-OH is 2. The Bertz CT molecular complexity index is 1880. The van der Waals surface area contributed by atoms with Gasteiger partial charge in [0.25, 0.3) is 0 Å². The normalized spacial score (nSPS) is 23.1. The molecule has 0 spiro atoms. The summed E-state index contributed by atoms with van der Waals surface area (Å²) >= 11 is 7.13. The highest BCUT2D eigenvalue weighted by molar-refractivity contribution is 7.16. The van der Waals surface area contributed by atoms with E-state index in [0.717, 1.165) is 28.3 Å². The Labute approximate surface area is 259 Å². The average Bonchev–Trinajstić information content (AvgIpc) is 3.73. The first-order chi connectivity index (χ1) is 21.3. The van der Waals surface area contributed by atoms with E-state index in [-0.39, 0.29) is 33.3 Å². The number of hydrogen-bond donors (Lipinski definition) is 2. The number of ether oxygens (including phenoxy) is 2. The third-order valence-electron chi connectivity index (χ3n) is 7.42. The van der Waals surface area contributed by atoms with Crippen molar-refractivity contribution in [1.82, 2.24) is 34.5 Å². The quantitative estimate of drug-likeness (QED) is 0.244. The molecule has 0 bridgehead atoms. The second-order valence-electron chi connectivity index (χ2n) is 10.4. The van der Waals surface area contributed by atoms with Crippen LogP contribution in [0.25, 0.3) is 27.0 Å². The van der Waals surface area contributed by atoms with Crippen molar-refractivity contribution in [2.24, 2.45) is 0 Å². The van der Waals surface area contributed by atoms with Gasteiger partial charge in [-0.2, -0.15) is 23.4 Å². The molecule has 1 fully saturated rings. The first-order valence-electron chi connectivity index (χ1n) is 13.3. The molecule has 1 aliphatic heterocycles. The smallest absolute Gasteiger partial charge is 0.391 e. The van der Waals surface area contributed by atoms with E-state index in [1.807, 2.05) is 0 Å². The number of rotatable bonds is 6. The molecule has 6 rings (SSSR count). The van der Waals surface area contributed by atoms with Gasteiger partial charge in [-0.05, 0) is 26.0 Å². The Hall–Kier alpha value is -3.61. The number of alkyl halides is 3. The Morgan fingerprint density at radius 2 is 1.91 bits per heavy atom. The molecule has 1 saturated heterocycles. The van der Waals surface area contributed by atoms with Gasteiger partial charge in [0, 0.05) is 30.6 Å². The van der Waals surface area contributed by atoms with E-state index in [9.17, 15) is 27.8 Å². The molecule has 5 aromatic rings. The maximum absolute atomic E-state index is 15.1. The number of aromatic nitrogens is 7. The molecule has 11 nitrogen and oxygen atoms in total. The van der Waals surface area contributed by atoms with E-state index in [0.29, 0.717) is 4.70 Å². The minimum atomic E-state index is -4.91. The van der Waals surface area contributed by atoms with Gasteiger partial charge in [0.15, 0.2) is 23.2 Å². The van der Waals surface area contributed by atoms with Crippen LogP contribution in [-0.2, 0) is 15.7 Å². The largest absolute Gasteiger partial charge is 0.435 e. The highest BCUT2D eigenvalue weighted by atomic mass is 35.5. The molecule has 0 amide bonds. The van der Waals surface area contributed by atoms with Gasteiger partial charge in [-0.15, -0.1) is 11.3 Å². The van der Waals surface area contributed by atoms with Crippen LogP contribution in [-0.4, -0.2) is 76.3 Å². The van der Waals surface area contributed by atoms with Crippen molar-refractivity contribution < 1.29 is 41.6 Å². The molecule has 5 heterocycles. The maximum atomic E-state index is 15.1. The summed E-state index contributed by atoms with van der Waals surface area (Å²) in [5.41, 5.74) is -0.574. The number of methoxy groups -OCH3 is 1. The number of thiazole rings is 1. The van der Waals surface area contributed by atoms with Gasteiger partial charge < -0.3 is 19.7 Å². The van der Waals surface area contributed by atoms with Gasteiger partial charge in [0.05, 0.1) is 33.2 Å². The van der Waals surface area contributed by atoms with E-state index in [1.54, 1.807) is 0 Å². The molecular formula is C27H23ClF5N7O4S. The average molecular weight is 672 g/mol. The number of halogens is 6. The van der Waals surface area contributed by atoms with Gasteiger partial charge in [0.2, 0.25) is 0 Å². The molecule has 1 aromatic carbocycles. The summed E-state index contributed by atoms with van der Waals surface area (Å²) in [7, 11) is 1.31. The van der Waals surface area contributed by atoms with Crippen molar-refractivity contribution in [2.75, 3.05) is 7.11 Å². The molecule has 18 heteroatoms. The second-order valence-corrected chi connectivity index (χ2v) is 11.7. The Balaban J connectivity index is 1.46. The van der Waals surface area contributed by atoms with E-state index < -0.39 is 65.8 Å². The Morgan fingerprint density at radius 1 is 1.16 bits per heavy atom. The molecule has 2 N–H and O–H groups in total. The van der Waals surface area contributed by atoms with Crippen LogP contribution in [0.5, 0.6) is 0 Å². The Kier molecular flexibility index (Phi) is 8.11. The van der Waals surface area contributed by atoms with Crippen molar-refractivity contribution in [3.8, 4) is 16.8 Å². The highest BCUT2D eigenvalue weighted by Crippen LogP contribution is 2.42. The number of fused-ring (bicyclic) bond motifs is 1. The second kappa shape index (κ2) is 11.6. The summed E-state index contributed by atoms with van der Waals surface area (Å²) in [4.78, 5) is 11.6. The summed E-state index contributed by atoms with van der Waals surface area (Å²) in [6.07, 6.45) is -8.07. The molecule has 238 valence electrons. The lowest BCUT2D eigenvalue weighted by Gasteiger charge is -2.45. The number of hydrogen-bond acceptors (Lipinski definition) is 10.